The number of hydrogen-bond donors (Lipinski definition) is 3. The molecule has 0 aliphatic carbocycles. The second-order valence-corrected chi connectivity index (χ2v) is 8.47. The number of sulfonamides is 1. The van der Waals surface area contributed by atoms with Gasteiger partial charge in [0, 0.05) is 38.1 Å². The third kappa shape index (κ3) is 8.49. The van der Waals surface area contributed by atoms with E-state index in [1.807, 2.05) is 11.8 Å². The Morgan fingerprint density at radius 3 is 2.58 bits per heavy atom. The highest BCUT2D eigenvalue weighted by atomic mass is 32.2. The number of amides is 1. The van der Waals surface area contributed by atoms with Gasteiger partial charge in [-0.1, -0.05) is 0 Å². The summed E-state index contributed by atoms with van der Waals surface area (Å²) in [5, 5.41) is 6.35. The summed E-state index contributed by atoms with van der Waals surface area (Å²) < 4.78 is 25.3. The Kier molecular flexibility index (Phi) is 7.95. The highest BCUT2D eigenvalue weighted by molar-refractivity contribution is 7.88. The zero-order valence-corrected chi connectivity index (χ0v) is 16.0. The minimum atomic E-state index is -3.28. The predicted octanol–water partition coefficient (Wildman–Crippen LogP) is -0.118. The maximum absolute atomic E-state index is 11.5. The summed E-state index contributed by atoms with van der Waals surface area (Å²) in [5.74, 6) is 0.887. The number of nitrogens with zero attached hydrogens (tertiary/aromatic N) is 2. The zero-order chi connectivity index (χ0) is 18.2. The van der Waals surface area contributed by atoms with Crippen LogP contribution in [0.25, 0.3) is 0 Å². The van der Waals surface area contributed by atoms with E-state index in [9.17, 15) is 13.2 Å². The molecule has 1 aliphatic rings. The summed E-state index contributed by atoms with van der Waals surface area (Å²) in [6.45, 7) is 8.91. The van der Waals surface area contributed by atoms with Gasteiger partial charge in [0.25, 0.3) is 0 Å². The van der Waals surface area contributed by atoms with E-state index in [1.54, 1.807) is 13.8 Å². The average Bonchev–Trinajstić information content (AvgIpc) is 2.83. The van der Waals surface area contributed by atoms with Crippen molar-refractivity contribution in [2.75, 3.05) is 39.0 Å². The molecule has 1 saturated heterocycles. The van der Waals surface area contributed by atoms with E-state index in [0.29, 0.717) is 25.5 Å². The lowest BCUT2D eigenvalue weighted by atomic mass is 10.1. The van der Waals surface area contributed by atoms with Crippen molar-refractivity contribution in [2.24, 2.45) is 4.99 Å². The number of nitrogens with one attached hydrogen (secondary N) is 3. The lowest BCUT2D eigenvalue weighted by molar-refractivity contribution is -0.127. The van der Waals surface area contributed by atoms with Gasteiger partial charge in [0.2, 0.25) is 15.9 Å². The Bertz CT molecular complexity index is 545. The van der Waals surface area contributed by atoms with E-state index < -0.39 is 15.6 Å². The fourth-order valence-electron chi connectivity index (χ4n) is 2.57. The normalized spacial score (nSPS) is 16.6. The maximum atomic E-state index is 11.5. The molecule has 1 heterocycles. The molecule has 1 fully saturated rings. The number of guanidine groups is 1. The monoisotopic (exact) mass is 361 g/mol. The molecule has 0 aromatic rings. The second kappa shape index (κ2) is 9.22. The highest BCUT2D eigenvalue weighted by Gasteiger charge is 2.22. The number of rotatable bonds is 9. The van der Waals surface area contributed by atoms with E-state index in [2.05, 4.69) is 20.3 Å². The van der Waals surface area contributed by atoms with Crippen LogP contribution in [0.1, 0.15) is 40.0 Å². The average molecular weight is 362 g/mol. The lowest BCUT2D eigenvalue weighted by Crippen LogP contribution is -2.47. The number of hydrogen-bond acceptors (Lipinski definition) is 4. The van der Waals surface area contributed by atoms with Crippen molar-refractivity contribution in [3.05, 3.63) is 0 Å². The number of likely N-dealkylation sites (tertiary alicyclic amines) is 1. The quantitative estimate of drug-likeness (QED) is 0.302. The first-order valence-corrected chi connectivity index (χ1v) is 10.3. The first kappa shape index (κ1) is 20.7. The molecule has 9 heteroatoms. The van der Waals surface area contributed by atoms with Crippen LogP contribution in [0.5, 0.6) is 0 Å². The fourth-order valence-corrected chi connectivity index (χ4v) is 3.64. The molecule has 0 unspecified atom stereocenters. The Hall–Kier alpha value is -1.35. The van der Waals surface area contributed by atoms with E-state index in [-0.39, 0.29) is 5.91 Å². The SMILES string of the molecule is CCNC(=NCC(C)(C)NS(C)(=O)=O)NCCCN1CCCC1=O. The smallest absolute Gasteiger partial charge is 0.222 e. The molecule has 0 radical (unpaired) electrons. The predicted molar refractivity (Wildman–Crippen MR) is 96.5 cm³/mol. The molecular weight excluding hydrogens is 330 g/mol. The minimum Gasteiger partial charge on any atom is -0.357 e. The van der Waals surface area contributed by atoms with Gasteiger partial charge in [-0.05, 0) is 33.6 Å². The molecule has 1 rings (SSSR count). The Balaban J connectivity index is 2.43. The van der Waals surface area contributed by atoms with E-state index in [4.69, 9.17) is 0 Å². The third-order valence-electron chi connectivity index (χ3n) is 3.51. The van der Waals surface area contributed by atoms with Crippen LogP contribution >= 0.6 is 0 Å². The van der Waals surface area contributed by atoms with Gasteiger partial charge in [0.05, 0.1) is 12.8 Å². The van der Waals surface area contributed by atoms with Crippen LogP contribution in [-0.2, 0) is 14.8 Å². The minimum absolute atomic E-state index is 0.240. The zero-order valence-electron chi connectivity index (χ0n) is 15.2. The maximum Gasteiger partial charge on any atom is 0.222 e. The topological polar surface area (TPSA) is 103 Å². The number of carbonyl (C=O) groups excluding carboxylic acids is 1. The Morgan fingerprint density at radius 2 is 2.04 bits per heavy atom. The molecular formula is C15H31N5O3S. The summed E-state index contributed by atoms with van der Waals surface area (Å²) in [5.41, 5.74) is -0.655. The largest absolute Gasteiger partial charge is 0.357 e. The molecule has 0 spiro atoms. The van der Waals surface area contributed by atoms with Gasteiger partial charge in [0.1, 0.15) is 0 Å². The van der Waals surface area contributed by atoms with Gasteiger partial charge in [-0.15, -0.1) is 0 Å². The molecule has 0 saturated carbocycles. The molecule has 24 heavy (non-hydrogen) atoms. The van der Waals surface area contributed by atoms with Crippen LogP contribution in [0.4, 0.5) is 0 Å². The van der Waals surface area contributed by atoms with Crippen molar-refractivity contribution in [3.63, 3.8) is 0 Å². The van der Waals surface area contributed by atoms with Crippen LogP contribution in [0, 0.1) is 0 Å². The summed E-state index contributed by atoms with van der Waals surface area (Å²) >= 11 is 0. The third-order valence-corrected chi connectivity index (χ3v) is 4.43. The van der Waals surface area contributed by atoms with Gasteiger partial charge < -0.3 is 15.5 Å². The molecule has 1 amide bonds. The van der Waals surface area contributed by atoms with Crippen LogP contribution in [0.2, 0.25) is 0 Å². The Labute approximate surface area is 145 Å². The van der Waals surface area contributed by atoms with Crippen LogP contribution in [0.15, 0.2) is 4.99 Å². The molecule has 0 aromatic carbocycles. The van der Waals surface area contributed by atoms with Gasteiger partial charge in [-0.2, -0.15) is 0 Å². The summed E-state index contributed by atoms with van der Waals surface area (Å²) in [6, 6.07) is 0. The second-order valence-electron chi connectivity index (χ2n) is 6.72. The van der Waals surface area contributed by atoms with Crippen LogP contribution in [-0.4, -0.2) is 69.7 Å². The fraction of sp³-hybridized carbons (Fsp3) is 0.867. The van der Waals surface area contributed by atoms with Crippen molar-refractivity contribution in [1.29, 1.82) is 0 Å². The first-order chi connectivity index (χ1) is 11.1. The van der Waals surface area contributed by atoms with Gasteiger partial charge >= 0.3 is 0 Å². The van der Waals surface area contributed by atoms with E-state index in [1.165, 1.54) is 0 Å². The van der Waals surface area contributed by atoms with Gasteiger partial charge in [0.15, 0.2) is 5.96 Å². The van der Waals surface area contributed by atoms with Crippen molar-refractivity contribution in [3.8, 4) is 0 Å². The van der Waals surface area contributed by atoms with Gasteiger partial charge in [-0.25, -0.2) is 13.1 Å². The molecule has 0 bridgehead atoms. The van der Waals surface area contributed by atoms with Crippen molar-refractivity contribution in [1.82, 2.24) is 20.3 Å². The van der Waals surface area contributed by atoms with Gasteiger partial charge in [-0.3, -0.25) is 9.79 Å². The van der Waals surface area contributed by atoms with E-state index in [0.717, 1.165) is 38.7 Å². The molecule has 140 valence electrons. The van der Waals surface area contributed by atoms with Crippen molar-refractivity contribution >= 4 is 21.9 Å². The Morgan fingerprint density at radius 1 is 1.33 bits per heavy atom. The summed E-state index contributed by atoms with van der Waals surface area (Å²) in [6.07, 6.45) is 3.61. The molecule has 3 N–H and O–H groups in total. The van der Waals surface area contributed by atoms with Crippen molar-refractivity contribution < 1.29 is 13.2 Å². The molecule has 1 aliphatic heterocycles. The van der Waals surface area contributed by atoms with E-state index >= 15 is 0 Å². The standard InChI is InChI=1S/C15H31N5O3S/c1-5-16-14(18-12-15(2,3)19-24(4,22)23)17-9-7-11-20-10-6-8-13(20)21/h19H,5-12H2,1-4H3,(H2,16,17,18). The highest BCUT2D eigenvalue weighted by Crippen LogP contribution is 2.09. The van der Waals surface area contributed by atoms with Crippen molar-refractivity contribution in [2.45, 2.75) is 45.6 Å². The molecule has 8 nitrogen and oxygen atoms in total. The lowest BCUT2D eigenvalue weighted by Gasteiger charge is -2.23. The molecule has 0 aromatic heterocycles. The first-order valence-electron chi connectivity index (χ1n) is 8.42. The number of carbonyl (C=O) groups is 1. The number of aliphatic imine (C=N–C) groups is 1. The van der Waals surface area contributed by atoms with Crippen LogP contribution < -0.4 is 15.4 Å². The summed E-state index contributed by atoms with van der Waals surface area (Å²) in [7, 11) is -3.28. The summed E-state index contributed by atoms with van der Waals surface area (Å²) in [4.78, 5) is 17.9. The molecule has 0 atom stereocenters. The van der Waals surface area contributed by atoms with Crippen LogP contribution in [0.3, 0.4) is 0 Å².